The molecule has 0 amide bonds. The van der Waals surface area contributed by atoms with Gasteiger partial charge in [0.25, 0.3) is 0 Å². The molecule has 0 spiro atoms. The molecule has 0 atom stereocenters. The molecule has 4 heterocycles. The summed E-state index contributed by atoms with van der Waals surface area (Å²) in [5, 5.41) is 6.39. The third-order valence-electron chi connectivity index (χ3n) is 11.1. The van der Waals surface area contributed by atoms with Gasteiger partial charge in [-0.05, 0) is 59.7 Å². The molecule has 4 aromatic heterocycles. The van der Waals surface area contributed by atoms with Crippen molar-refractivity contribution in [2.75, 3.05) is 0 Å². The van der Waals surface area contributed by atoms with Crippen molar-refractivity contribution in [2.45, 2.75) is 0 Å². The molecule has 6 nitrogen and oxygen atoms in total. The molecule has 0 aliphatic heterocycles. The Bertz CT molecular complexity index is 3530. The summed E-state index contributed by atoms with van der Waals surface area (Å²) in [6.07, 6.45) is 0. The van der Waals surface area contributed by atoms with E-state index in [1.165, 1.54) is 0 Å². The van der Waals surface area contributed by atoms with Crippen molar-refractivity contribution in [3.63, 3.8) is 0 Å². The summed E-state index contributed by atoms with van der Waals surface area (Å²) in [5.74, 6) is 1.71. The molecule has 0 aliphatic rings. The molecule has 12 rings (SSSR count). The van der Waals surface area contributed by atoms with Gasteiger partial charge in [-0.2, -0.15) is 0 Å². The van der Waals surface area contributed by atoms with Gasteiger partial charge in [-0.15, -0.1) is 0 Å². The minimum atomic E-state index is 0.533. The number of para-hydroxylation sites is 3. The number of fused-ring (bicyclic) bond motifs is 10. The van der Waals surface area contributed by atoms with Crippen LogP contribution in [-0.2, 0) is 0 Å². The van der Waals surface area contributed by atoms with Gasteiger partial charge in [-0.3, -0.25) is 0 Å². The Morgan fingerprint density at radius 3 is 1.75 bits per heavy atom. The summed E-state index contributed by atoms with van der Waals surface area (Å²) in [5.41, 5.74) is 11.2. The lowest BCUT2D eigenvalue weighted by atomic mass is 10.0. The number of aromatic nitrogens is 4. The van der Waals surface area contributed by atoms with Crippen molar-refractivity contribution in [1.29, 1.82) is 0 Å². The van der Waals surface area contributed by atoms with Crippen molar-refractivity contribution >= 4 is 65.7 Å². The SMILES string of the molecule is c1ccc(-c2cccc(-c3nc(-c4ccccc4)nc(-c4ccc(-n5c6ccccc6c6c7oc8ccccc8c7ccc65)c5c4oc4ccccc45)n3)c2)cc1. The fourth-order valence-electron chi connectivity index (χ4n) is 8.48. The largest absolute Gasteiger partial charge is 0.455 e. The Hall–Kier alpha value is -7.83. The summed E-state index contributed by atoms with van der Waals surface area (Å²) in [6, 6.07) is 62.5. The van der Waals surface area contributed by atoms with Crippen LogP contribution in [-0.4, -0.2) is 19.5 Å². The summed E-state index contributed by atoms with van der Waals surface area (Å²) in [4.78, 5) is 15.4. The number of hydrogen-bond acceptors (Lipinski definition) is 5. The van der Waals surface area contributed by atoms with Crippen LogP contribution in [0.1, 0.15) is 0 Å². The Kier molecular flexibility index (Phi) is 6.83. The van der Waals surface area contributed by atoms with Gasteiger partial charge in [-0.25, -0.2) is 15.0 Å². The standard InChI is InChI=1S/C51H30N4O2/c1-3-14-31(15-4-1)33-18-13-19-34(30-33)50-52-49(32-16-5-2-6-17-32)53-51(54-50)39-27-29-42(46-38-22-9-12-25-44(38)57-48(39)46)55-40-23-10-7-21-37(40)45-41(55)28-26-36-35-20-8-11-24-43(35)56-47(36)45/h1-30H. The van der Waals surface area contributed by atoms with E-state index in [0.29, 0.717) is 23.1 Å². The van der Waals surface area contributed by atoms with Crippen LogP contribution in [0.5, 0.6) is 0 Å². The highest BCUT2D eigenvalue weighted by atomic mass is 16.3. The predicted molar refractivity (Wildman–Crippen MR) is 230 cm³/mol. The van der Waals surface area contributed by atoms with Gasteiger partial charge in [0.15, 0.2) is 17.5 Å². The van der Waals surface area contributed by atoms with Crippen LogP contribution in [0.2, 0.25) is 0 Å². The molecule has 8 aromatic carbocycles. The van der Waals surface area contributed by atoms with E-state index in [0.717, 1.165) is 93.6 Å². The highest BCUT2D eigenvalue weighted by molar-refractivity contribution is 6.25. The first-order valence-electron chi connectivity index (χ1n) is 19.0. The van der Waals surface area contributed by atoms with Crippen LogP contribution in [0.25, 0.3) is 117 Å². The second-order valence-electron chi connectivity index (χ2n) is 14.3. The summed E-state index contributed by atoms with van der Waals surface area (Å²) in [7, 11) is 0. The number of rotatable bonds is 5. The lowest BCUT2D eigenvalue weighted by molar-refractivity contribution is 0.669. The molecule has 0 aliphatic carbocycles. The van der Waals surface area contributed by atoms with E-state index in [9.17, 15) is 0 Å². The van der Waals surface area contributed by atoms with Crippen molar-refractivity contribution < 1.29 is 8.83 Å². The summed E-state index contributed by atoms with van der Waals surface area (Å²) in [6.45, 7) is 0. The zero-order valence-corrected chi connectivity index (χ0v) is 30.4. The predicted octanol–water partition coefficient (Wildman–Crippen LogP) is 13.4. The zero-order chi connectivity index (χ0) is 37.5. The van der Waals surface area contributed by atoms with Gasteiger partial charge in [0.1, 0.15) is 22.3 Å². The average Bonchev–Trinajstić information content (AvgIpc) is 3.97. The molecule has 0 radical (unpaired) electrons. The fourth-order valence-corrected chi connectivity index (χ4v) is 8.48. The molecule has 0 saturated carbocycles. The topological polar surface area (TPSA) is 69.9 Å². The van der Waals surface area contributed by atoms with Gasteiger partial charge < -0.3 is 13.4 Å². The van der Waals surface area contributed by atoms with Crippen LogP contribution in [0, 0.1) is 0 Å². The highest BCUT2D eigenvalue weighted by Crippen LogP contribution is 2.45. The molecule has 266 valence electrons. The second kappa shape index (κ2) is 12.3. The first-order chi connectivity index (χ1) is 28.3. The quantitative estimate of drug-likeness (QED) is 0.176. The number of hydrogen-bond donors (Lipinski definition) is 0. The van der Waals surface area contributed by atoms with E-state index in [4.69, 9.17) is 23.8 Å². The number of furan rings is 2. The number of nitrogens with zero attached hydrogens (tertiary/aromatic N) is 4. The van der Waals surface area contributed by atoms with Crippen molar-refractivity contribution in [2.24, 2.45) is 0 Å². The minimum absolute atomic E-state index is 0.533. The Balaban J connectivity index is 1.13. The Morgan fingerprint density at radius 2 is 0.947 bits per heavy atom. The number of benzene rings is 8. The van der Waals surface area contributed by atoms with Gasteiger partial charge in [-0.1, -0.05) is 133 Å². The molecule has 0 saturated heterocycles. The maximum atomic E-state index is 6.85. The van der Waals surface area contributed by atoms with Crippen LogP contribution >= 0.6 is 0 Å². The van der Waals surface area contributed by atoms with E-state index in [1.54, 1.807) is 0 Å². The molecular weight excluding hydrogens is 701 g/mol. The third-order valence-corrected chi connectivity index (χ3v) is 11.1. The fraction of sp³-hybridized carbons (Fsp3) is 0. The molecule has 12 aromatic rings. The van der Waals surface area contributed by atoms with E-state index in [2.05, 4.69) is 126 Å². The lowest BCUT2D eigenvalue weighted by Gasteiger charge is -2.13. The van der Waals surface area contributed by atoms with Crippen LogP contribution in [0.15, 0.2) is 191 Å². The van der Waals surface area contributed by atoms with Gasteiger partial charge >= 0.3 is 0 Å². The van der Waals surface area contributed by atoms with Gasteiger partial charge in [0.05, 0.1) is 33.1 Å². The first kappa shape index (κ1) is 31.5. The minimum Gasteiger partial charge on any atom is -0.455 e. The van der Waals surface area contributed by atoms with Gasteiger partial charge in [0, 0.05) is 32.7 Å². The molecule has 0 bridgehead atoms. The van der Waals surface area contributed by atoms with Gasteiger partial charge in [0.2, 0.25) is 0 Å². The van der Waals surface area contributed by atoms with Crippen LogP contribution in [0.3, 0.4) is 0 Å². The van der Waals surface area contributed by atoms with Crippen LogP contribution < -0.4 is 0 Å². The van der Waals surface area contributed by atoms with Crippen LogP contribution in [0.4, 0.5) is 0 Å². The monoisotopic (exact) mass is 730 g/mol. The molecule has 0 fully saturated rings. The maximum Gasteiger partial charge on any atom is 0.167 e. The Labute approximate surface area is 325 Å². The van der Waals surface area contributed by atoms with Crippen molar-refractivity contribution in [3.8, 4) is 51.0 Å². The second-order valence-corrected chi connectivity index (χ2v) is 14.3. The Morgan fingerprint density at radius 1 is 0.351 bits per heavy atom. The average molecular weight is 731 g/mol. The van der Waals surface area contributed by atoms with Crippen molar-refractivity contribution in [3.05, 3.63) is 182 Å². The van der Waals surface area contributed by atoms with E-state index >= 15 is 0 Å². The zero-order valence-electron chi connectivity index (χ0n) is 30.4. The van der Waals surface area contributed by atoms with E-state index in [-0.39, 0.29) is 0 Å². The van der Waals surface area contributed by atoms with Crippen molar-refractivity contribution in [1.82, 2.24) is 19.5 Å². The molecular formula is C51H30N4O2. The smallest absolute Gasteiger partial charge is 0.167 e. The molecule has 0 N–H and O–H groups in total. The third kappa shape index (κ3) is 4.87. The van der Waals surface area contributed by atoms with E-state index in [1.807, 2.05) is 60.7 Å². The summed E-state index contributed by atoms with van der Waals surface area (Å²) < 4.78 is 15.8. The normalized spacial score (nSPS) is 11.9. The molecule has 6 heteroatoms. The molecule has 0 unspecified atom stereocenters. The molecule has 57 heavy (non-hydrogen) atoms. The highest BCUT2D eigenvalue weighted by Gasteiger charge is 2.24. The maximum absolute atomic E-state index is 6.85. The summed E-state index contributed by atoms with van der Waals surface area (Å²) >= 11 is 0. The first-order valence-corrected chi connectivity index (χ1v) is 19.0. The van der Waals surface area contributed by atoms with E-state index < -0.39 is 0 Å². The lowest BCUT2D eigenvalue weighted by Crippen LogP contribution is -2.01.